The van der Waals surface area contributed by atoms with Gasteiger partial charge < -0.3 is 10.1 Å². The number of carbonyl (C=O) groups excluding carboxylic acids is 1. The normalized spacial score (nSPS) is 17.4. The van der Waals surface area contributed by atoms with Crippen LogP contribution in [0.25, 0.3) is 0 Å². The van der Waals surface area contributed by atoms with Crippen molar-refractivity contribution in [3.63, 3.8) is 0 Å². The van der Waals surface area contributed by atoms with Crippen LogP contribution < -0.4 is 15.2 Å². The molecule has 0 radical (unpaired) electrons. The zero-order chi connectivity index (χ0) is 15.6. The van der Waals surface area contributed by atoms with Crippen LogP contribution in [0, 0.1) is 5.92 Å². The maximum atomic E-state index is 11.9. The van der Waals surface area contributed by atoms with Gasteiger partial charge in [0.15, 0.2) is 0 Å². The Balaban J connectivity index is 2.12. The van der Waals surface area contributed by atoms with E-state index in [1.807, 2.05) is 0 Å². The Morgan fingerprint density at radius 2 is 2.19 bits per heavy atom. The van der Waals surface area contributed by atoms with Crippen molar-refractivity contribution in [3.8, 4) is 5.75 Å². The first-order chi connectivity index (χ1) is 9.77. The van der Waals surface area contributed by atoms with Crippen molar-refractivity contribution < 1.29 is 17.9 Å². The lowest BCUT2D eigenvalue weighted by atomic mass is 10.1. The molecule has 116 valence electrons. The van der Waals surface area contributed by atoms with E-state index < -0.39 is 10.0 Å². The van der Waals surface area contributed by atoms with Crippen LogP contribution in [0.2, 0.25) is 0 Å². The highest BCUT2D eigenvalue weighted by Crippen LogP contribution is 2.33. The number of nitrogens with one attached hydrogen (secondary N) is 1. The van der Waals surface area contributed by atoms with E-state index in [0.29, 0.717) is 30.3 Å². The Kier molecular flexibility index (Phi) is 4.53. The molecule has 0 saturated heterocycles. The molecule has 21 heavy (non-hydrogen) atoms. The number of primary sulfonamides is 1. The molecule has 1 unspecified atom stereocenters. The van der Waals surface area contributed by atoms with Crippen molar-refractivity contribution >= 4 is 15.9 Å². The second kappa shape index (κ2) is 6.03. The molecular weight excluding hydrogens is 292 g/mol. The van der Waals surface area contributed by atoms with Crippen LogP contribution in [0.3, 0.4) is 0 Å². The number of nitrogens with two attached hydrogens (primary N) is 1. The van der Waals surface area contributed by atoms with E-state index in [0.717, 1.165) is 6.42 Å². The van der Waals surface area contributed by atoms with Crippen molar-refractivity contribution in [1.82, 2.24) is 5.32 Å². The Bertz CT molecular complexity index is 640. The predicted molar refractivity (Wildman–Crippen MR) is 78.3 cm³/mol. The van der Waals surface area contributed by atoms with Gasteiger partial charge in [-0.2, -0.15) is 0 Å². The van der Waals surface area contributed by atoms with E-state index in [1.54, 1.807) is 6.07 Å². The Hall–Kier alpha value is -1.60. The molecule has 1 aliphatic rings. The van der Waals surface area contributed by atoms with Crippen molar-refractivity contribution in [1.29, 1.82) is 0 Å². The number of benzene rings is 1. The van der Waals surface area contributed by atoms with Crippen LogP contribution in [-0.4, -0.2) is 20.9 Å². The monoisotopic (exact) mass is 312 g/mol. The summed E-state index contributed by atoms with van der Waals surface area (Å²) in [7, 11) is -3.77. The first-order valence-electron chi connectivity index (χ1n) is 6.86. The average molecular weight is 312 g/mol. The molecule has 1 atom stereocenters. The smallest absolute Gasteiger partial charge is 0.238 e. The average Bonchev–Trinajstić information content (AvgIpc) is 2.78. The van der Waals surface area contributed by atoms with Crippen LogP contribution in [-0.2, 0) is 14.8 Å². The quantitative estimate of drug-likeness (QED) is 0.856. The number of ether oxygens (including phenoxy) is 1. The number of hydrogen-bond acceptors (Lipinski definition) is 4. The fraction of sp³-hybridized carbons (Fsp3) is 0.500. The molecule has 0 bridgehead atoms. The molecule has 0 spiro atoms. The molecule has 0 fully saturated rings. The van der Waals surface area contributed by atoms with Gasteiger partial charge in [0, 0.05) is 12.0 Å². The fourth-order valence-electron chi connectivity index (χ4n) is 2.18. The first kappa shape index (κ1) is 15.8. The van der Waals surface area contributed by atoms with Gasteiger partial charge in [0.25, 0.3) is 0 Å². The fourth-order valence-corrected chi connectivity index (χ4v) is 2.72. The van der Waals surface area contributed by atoms with Crippen molar-refractivity contribution in [2.24, 2.45) is 11.1 Å². The lowest BCUT2D eigenvalue weighted by molar-refractivity contribution is -0.122. The molecule has 0 aliphatic carbocycles. The standard InChI is InChI=1S/C14H20N2O4S/c1-9(2)3-6-14(17)16-12-8-20-13-5-4-10(7-11(12)13)21(15,18)19/h4-5,7,9,12H,3,6,8H2,1-2H3,(H,16,17)(H2,15,18,19). The van der Waals surface area contributed by atoms with Gasteiger partial charge in [0.1, 0.15) is 12.4 Å². The highest BCUT2D eigenvalue weighted by atomic mass is 32.2. The molecule has 1 aromatic carbocycles. The van der Waals surface area contributed by atoms with E-state index in [-0.39, 0.29) is 16.8 Å². The Morgan fingerprint density at radius 3 is 2.81 bits per heavy atom. The predicted octanol–water partition coefficient (Wildman–Crippen LogP) is 1.32. The summed E-state index contributed by atoms with van der Waals surface area (Å²) in [5.74, 6) is 0.972. The van der Waals surface area contributed by atoms with Gasteiger partial charge in [-0.3, -0.25) is 4.79 Å². The second-order valence-electron chi connectivity index (χ2n) is 5.61. The lowest BCUT2D eigenvalue weighted by Crippen LogP contribution is -2.29. The van der Waals surface area contributed by atoms with Crippen LogP contribution in [0.5, 0.6) is 5.75 Å². The summed E-state index contributed by atoms with van der Waals surface area (Å²) >= 11 is 0. The molecule has 7 heteroatoms. The van der Waals surface area contributed by atoms with Gasteiger partial charge in [-0.05, 0) is 30.5 Å². The van der Waals surface area contributed by atoms with Crippen LogP contribution in [0.1, 0.15) is 38.3 Å². The van der Waals surface area contributed by atoms with Crippen LogP contribution in [0.15, 0.2) is 23.1 Å². The zero-order valence-electron chi connectivity index (χ0n) is 12.1. The molecule has 3 N–H and O–H groups in total. The minimum absolute atomic E-state index is 0.0215. The summed E-state index contributed by atoms with van der Waals surface area (Å²) in [4.78, 5) is 11.9. The number of rotatable bonds is 5. The lowest BCUT2D eigenvalue weighted by Gasteiger charge is -2.13. The molecule has 6 nitrogen and oxygen atoms in total. The molecule has 0 saturated carbocycles. The third-order valence-electron chi connectivity index (χ3n) is 3.37. The second-order valence-corrected chi connectivity index (χ2v) is 7.17. The summed E-state index contributed by atoms with van der Waals surface area (Å²) in [6.07, 6.45) is 1.25. The van der Waals surface area contributed by atoms with Crippen molar-refractivity contribution in [2.75, 3.05) is 6.61 Å². The van der Waals surface area contributed by atoms with Crippen molar-refractivity contribution in [3.05, 3.63) is 23.8 Å². The molecule has 0 aromatic heterocycles. The number of hydrogen-bond donors (Lipinski definition) is 2. The van der Waals surface area contributed by atoms with E-state index in [2.05, 4.69) is 19.2 Å². The summed E-state index contributed by atoms with van der Waals surface area (Å²) < 4.78 is 28.2. The maximum Gasteiger partial charge on any atom is 0.238 e. The van der Waals surface area contributed by atoms with E-state index in [9.17, 15) is 13.2 Å². The number of sulfonamides is 1. The van der Waals surface area contributed by atoms with E-state index in [1.165, 1.54) is 12.1 Å². The van der Waals surface area contributed by atoms with Gasteiger partial charge in [-0.1, -0.05) is 13.8 Å². The van der Waals surface area contributed by atoms with Crippen LogP contribution >= 0.6 is 0 Å². The summed E-state index contributed by atoms with van der Waals surface area (Å²) in [5, 5.41) is 7.99. The molecule has 1 aromatic rings. The van der Waals surface area contributed by atoms with Gasteiger partial charge in [-0.25, -0.2) is 13.6 Å². The van der Waals surface area contributed by atoms with Gasteiger partial charge in [0.05, 0.1) is 10.9 Å². The van der Waals surface area contributed by atoms with Crippen molar-refractivity contribution in [2.45, 2.75) is 37.6 Å². The Labute approximate surface area is 124 Å². The maximum absolute atomic E-state index is 11.9. The minimum atomic E-state index is -3.77. The van der Waals surface area contributed by atoms with E-state index in [4.69, 9.17) is 9.88 Å². The highest BCUT2D eigenvalue weighted by Gasteiger charge is 2.27. The van der Waals surface area contributed by atoms with Gasteiger partial charge in [-0.15, -0.1) is 0 Å². The number of carbonyl (C=O) groups is 1. The zero-order valence-corrected chi connectivity index (χ0v) is 12.9. The molecule has 1 aliphatic heterocycles. The molecular formula is C14H20N2O4S. The molecule has 1 heterocycles. The van der Waals surface area contributed by atoms with Gasteiger partial charge in [0.2, 0.25) is 15.9 Å². The molecule has 2 rings (SSSR count). The highest BCUT2D eigenvalue weighted by molar-refractivity contribution is 7.89. The third kappa shape index (κ3) is 3.95. The van der Waals surface area contributed by atoms with Gasteiger partial charge >= 0.3 is 0 Å². The topological polar surface area (TPSA) is 98.5 Å². The summed E-state index contributed by atoms with van der Waals surface area (Å²) in [5.41, 5.74) is 0.652. The first-order valence-corrected chi connectivity index (χ1v) is 8.41. The Morgan fingerprint density at radius 1 is 1.48 bits per heavy atom. The largest absolute Gasteiger partial charge is 0.491 e. The SMILES string of the molecule is CC(C)CCC(=O)NC1COc2ccc(S(N)(=O)=O)cc21. The summed E-state index contributed by atoms with van der Waals surface area (Å²) in [6, 6.07) is 4.10. The third-order valence-corrected chi connectivity index (χ3v) is 4.29. The summed E-state index contributed by atoms with van der Waals surface area (Å²) in [6.45, 7) is 4.41. The minimum Gasteiger partial charge on any atom is -0.491 e. The molecule has 1 amide bonds. The number of amides is 1. The number of fused-ring (bicyclic) bond motifs is 1. The van der Waals surface area contributed by atoms with E-state index >= 15 is 0 Å². The van der Waals surface area contributed by atoms with Crippen LogP contribution in [0.4, 0.5) is 0 Å².